The number of methoxy groups -OCH3 is 1. The van der Waals surface area contributed by atoms with E-state index in [-0.39, 0.29) is 5.91 Å². The Morgan fingerprint density at radius 1 is 1.06 bits per heavy atom. The molecule has 3 aromatic heterocycles. The third-order valence-corrected chi connectivity index (χ3v) is 6.35. The highest BCUT2D eigenvalue weighted by molar-refractivity contribution is 6.06. The molecule has 1 N–H and O–H groups in total. The standard InChI is InChI=1S/C25H26N6O2/c1-16-20(18-11-12-22(33-2)26-13-18)9-6-10-21(16)24(32)28-19-14-27-25-30-29-23(31(25)15-19)17-7-4-3-5-8-17/h6,9-15,17H,3-5,7-8H2,1-2H3,(H,28,32). The molecule has 1 aliphatic carbocycles. The molecule has 0 saturated heterocycles. The number of rotatable bonds is 5. The third-order valence-electron chi connectivity index (χ3n) is 6.35. The molecule has 0 aliphatic heterocycles. The number of benzene rings is 1. The molecular weight excluding hydrogens is 416 g/mol. The number of anilines is 1. The Bertz CT molecular complexity index is 1290. The fraction of sp³-hybridized carbons (Fsp3) is 0.320. The number of nitrogens with zero attached hydrogens (tertiary/aromatic N) is 5. The average molecular weight is 443 g/mol. The molecule has 8 nitrogen and oxygen atoms in total. The maximum Gasteiger partial charge on any atom is 0.256 e. The highest BCUT2D eigenvalue weighted by Gasteiger charge is 2.21. The van der Waals surface area contributed by atoms with E-state index in [4.69, 9.17) is 4.74 Å². The Morgan fingerprint density at radius 2 is 1.91 bits per heavy atom. The molecule has 8 heteroatoms. The molecule has 1 aromatic carbocycles. The molecule has 33 heavy (non-hydrogen) atoms. The first-order valence-electron chi connectivity index (χ1n) is 11.3. The number of aromatic nitrogens is 5. The molecule has 3 heterocycles. The summed E-state index contributed by atoms with van der Waals surface area (Å²) < 4.78 is 7.06. The molecule has 0 bridgehead atoms. The lowest BCUT2D eigenvalue weighted by Gasteiger charge is -2.19. The summed E-state index contributed by atoms with van der Waals surface area (Å²) in [5, 5.41) is 11.6. The summed E-state index contributed by atoms with van der Waals surface area (Å²) in [6.45, 7) is 1.94. The van der Waals surface area contributed by atoms with Crippen molar-refractivity contribution in [2.75, 3.05) is 12.4 Å². The van der Waals surface area contributed by atoms with Crippen molar-refractivity contribution in [3.8, 4) is 17.0 Å². The number of ether oxygens (including phenoxy) is 1. The van der Waals surface area contributed by atoms with Gasteiger partial charge in [0.1, 0.15) is 5.82 Å². The van der Waals surface area contributed by atoms with Gasteiger partial charge in [0, 0.05) is 35.5 Å². The SMILES string of the molecule is COc1ccc(-c2cccc(C(=O)Nc3cnc4nnc(C5CCCCC5)n4c3)c2C)cn1. The zero-order valence-electron chi connectivity index (χ0n) is 18.8. The largest absolute Gasteiger partial charge is 0.481 e. The lowest BCUT2D eigenvalue weighted by molar-refractivity contribution is 0.102. The van der Waals surface area contributed by atoms with Gasteiger partial charge in [0.25, 0.3) is 11.7 Å². The molecule has 1 aliphatic rings. The predicted molar refractivity (Wildman–Crippen MR) is 126 cm³/mol. The summed E-state index contributed by atoms with van der Waals surface area (Å²) in [5.74, 6) is 2.23. The zero-order valence-corrected chi connectivity index (χ0v) is 18.8. The predicted octanol–water partition coefficient (Wildman–Crippen LogP) is 4.80. The number of carbonyl (C=O) groups excluding carboxylic acids is 1. The molecule has 0 spiro atoms. The summed E-state index contributed by atoms with van der Waals surface area (Å²) in [5.41, 5.74) is 3.96. The van der Waals surface area contributed by atoms with E-state index in [1.54, 1.807) is 19.5 Å². The first-order chi connectivity index (χ1) is 16.1. The van der Waals surface area contributed by atoms with Crippen molar-refractivity contribution in [2.45, 2.75) is 44.9 Å². The van der Waals surface area contributed by atoms with Crippen LogP contribution in [0.1, 0.15) is 59.8 Å². The molecule has 5 rings (SSSR count). The number of amides is 1. The normalized spacial score (nSPS) is 14.4. The van der Waals surface area contributed by atoms with E-state index >= 15 is 0 Å². The molecule has 4 aromatic rings. The summed E-state index contributed by atoms with van der Waals surface area (Å²) in [6.07, 6.45) is 11.2. The van der Waals surface area contributed by atoms with E-state index in [1.807, 2.05) is 47.9 Å². The molecule has 0 atom stereocenters. The minimum atomic E-state index is -0.190. The Kier molecular flexibility index (Phi) is 5.73. The van der Waals surface area contributed by atoms with Gasteiger partial charge in [-0.25, -0.2) is 9.97 Å². The van der Waals surface area contributed by atoms with Gasteiger partial charge in [-0.05, 0) is 43.0 Å². The van der Waals surface area contributed by atoms with Crippen LogP contribution in [-0.4, -0.2) is 37.6 Å². The quantitative estimate of drug-likeness (QED) is 0.477. The van der Waals surface area contributed by atoms with Crippen molar-refractivity contribution in [2.24, 2.45) is 0 Å². The fourth-order valence-corrected chi connectivity index (χ4v) is 4.56. The molecule has 1 saturated carbocycles. The maximum absolute atomic E-state index is 13.2. The lowest BCUT2D eigenvalue weighted by atomic mass is 9.89. The summed E-state index contributed by atoms with van der Waals surface area (Å²) in [4.78, 5) is 21.8. The van der Waals surface area contributed by atoms with Crippen molar-refractivity contribution in [3.63, 3.8) is 0 Å². The molecular formula is C25H26N6O2. The second-order valence-corrected chi connectivity index (χ2v) is 8.43. The van der Waals surface area contributed by atoms with Crippen molar-refractivity contribution in [3.05, 3.63) is 65.9 Å². The van der Waals surface area contributed by atoms with Gasteiger partial charge in [-0.2, -0.15) is 0 Å². The summed E-state index contributed by atoms with van der Waals surface area (Å²) in [7, 11) is 1.59. The smallest absolute Gasteiger partial charge is 0.256 e. The van der Waals surface area contributed by atoms with Crippen LogP contribution in [0.4, 0.5) is 5.69 Å². The van der Waals surface area contributed by atoms with E-state index in [0.29, 0.717) is 28.8 Å². The summed E-state index contributed by atoms with van der Waals surface area (Å²) >= 11 is 0. The van der Waals surface area contributed by atoms with Crippen LogP contribution >= 0.6 is 0 Å². The first-order valence-corrected chi connectivity index (χ1v) is 11.3. The van der Waals surface area contributed by atoms with Crippen molar-refractivity contribution in [1.29, 1.82) is 0 Å². The van der Waals surface area contributed by atoms with Gasteiger partial charge in [-0.3, -0.25) is 9.20 Å². The minimum Gasteiger partial charge on any atom is -0.481 e. The Balaban J connectivity index is 1.41. The number of nitrogens with one attached hydrogen (secondary N) is 1. The van der Waals surface area contributed by atoms with Gasteiger partial charge in [0.15, 0.2) is 0 Å². The van der Waals surface area contributed by atoms with E-state index in [9.17, 15) is 4.79 Å². The Morgan fingerprint density at radius 3 is 2.67 bits per heavy atom. The topological polar surface area (TPSA) is 94.3 Å². The Labute approximate surface area is 192 Å². The highest BCUT2D eigenvalue weighted by atomic mass is 16.5. The van der Waals surface area contributed by atoms with E-state index in [2.05, 4.69) is 25.5 Å². The molecule has 168 valence electrons. The van der Waals surface area contributed by atoms with Gasteiger partial charge >= 0.3 is 0 Å². The zero-order chi connectivity index (χ0) is 22.8. The van der Waals surface area contributed by atoms with Crippen LogP contribution < -0.4 is 10.1 Å². The van der Waals surface area contributed by atoms with Gasteiger partial charge < -0.3 is 10.1 Å². The second-order valence-electron chi connectivity index (χ2n) is 8.43. The van der Waals surface area contributed by atoms with Crippen LogP contribution in [0, 0.1) is 6.92 Å². The van der Waals surface area contributed by atoms with Gasteiger partial charge in [0.05, 0.1) is 19.0 Å². The number of carbonyl (C=O) groups is 1. The molecule has 0 unspecified atom stereocenters. The highest BCUT2D eigenvalue weighted by Crippen LogP contribution is 2.32. The average Bonchev–Trinajstić information content (AvgIpc) is 3.28. The van der Waals surface area contributed by atoms with Crippen molar-refractivity contribution < 1.29 is 9.53 Å². The van der Waals surface area contributed by atoms with Gasteiger partial charge in [-0.1, -0.05) is 31.4 Å². The van der Waals surface area contributed by atoms with Gasteiger partial charge in [0.2, 0.25) is 5.88 Å². The van der Waals surface area contributed by atoms with Crippen LogP contribution in [0.3, 0.4) is 0 Å². The van der Waals surface area contributed by atoms with Crippen LogP contribution in [0.2, 0.25) is 0 Å². The number of fused-ring (bicyclic) bond motifs is 1. The van der Waals surface area contributed by atoms with Crippen molar-refractivity contribution in [1.82, 2.24) is 24.6 Å². The number of hydrogen-bond donors (Lipinski definition) is 1. The fourth-order valence-electron chi connectivity index (χ4n) is 4.56. The van der Waals surface area contributed by atoms with Crippen LogP contribution in [-0.2, 0) is 0 Å². The number of hydrogen-bond acceptors (Lipinski definition) is 6. The Hall–Kier alpha value is -3.81. The molecule has 0 radical (unpaired) electrons. The first kappa shape index (κ1) is 21.1. The van der Waals surface area contributed by atoms with E-state index in [1.165, 1.54) is 19.3 Å². The number of pyridine rings is 1. The van der Waals surface area contributed by atoms with Crippen LogP contribution in [0.5, 0.6) is 5.88 Å². The van der Waals surface area contributed by atoms with Crippen molar-refractivity contribution >= 4 is 17.4 Å². The second kappa shape index (κ2) is 8.97. The summed E-state index contributed by atoms with van der Waals surface area (Å²) in [6, 6.07) is 9.43. The van der Waals surface area contributed by atoms with Gasteiger partial charge in [-0.15, -0.1) is 10.2 Å². The van der Waals surface area contributed by atoms with E-state index in [0.717, 1.165) is 35.4 Å². The monoisotopic (exact) mass is 442 g/mol. The lowest BCUT2D eigenvalue weighted by Crippen LogP contribution is -2.15. The van der Waals surface area contributed by atoms with Crippen LogP contribution in [0.25, 0.3) is 16.9 Å². The van der Waals surface area contributed by atoms with Crippen LogP contribution in [0.15, 0.2) is 48.9 Å². The molecule has 1 amide bonds. The molecule has 1 fully saturated rings. The minimum absolute atomic E-state index is 0.190. The maximum atomic E-state index is 13.2. The third kappa shape index (κ3) is 4.16. The van der Waals surface area contributed by atoms with E-state index < -0.39 is 0 Å².